The van der Waals surface area contributed by atoms with E-state index in [0.29, 0.717) is 23.7 Å². The van der Waals surface area contributed by atoms with Crippen molar-refractivity contribution in [3.63, 3.8) is 0 Å². The molecule has 19 heavy (non-hydrogen) atoms. The molecular weight excluding hydrogens is 268 g/mol. The van der Waals surface area contributed by atoms with Gasteiger partial charge >= 0.3 is 0 Å². The van der Waals surface area contributed by atoms with Gasteiger partial charge in [-0.3, -0.25) is 15.0 Å². The highest BCUT2D eigenvalue weighted by Gasteiger charge is 2.23. The Bertz CT molecular complexity index is 493. The number of rotatable bonds is 4. The van der Waals surface area contributed by atoms with E-state index in [1.54, 1.807) is 12.1 Å². The number of nitro benzene ring substituents is 1. The molecule has 2 rings (SSSR count). The van der Waals surface area contributed by atoms with Crippen LogP contribution in [-0.4, -0.2) is 29.2 Å². The molecule has 1 unspecified atom stereocenters. The van der Waals surface area contributed by atoms with E-state index in [2.05, 4.69) is 4.90 Å². The Morgan fingerprint density at radius 1 is 1.53 bits per heavy atom. The van der Waals surface area contributed by atoms with Crippen LogP contribution in [0.25, 0.3) is 0 Å². The fourth-order valence-corrected chi connectivity index (χ4v) is 2.67. The first-order valence-electron chi connectivity index (χ1n) is 6.21. The molecule has 1 atom stereocenters. The molecule has 1 saturated heterocycles. The van der Waals surface area contributed by atoms with E-state index in [4.69, 9.17) is 11.6 Å². The lowest BCUT2D eigenvalue weighted by atomic mass is 9.99. The van der Waals surface area contributed by atoms with Crippen molar-refractivity contribution in [2.24, 2.45) is 5.92 Å². The number of aldehydes is 1. The zero-order valence-electron chi connectivity index (χ0n) is 10.4. The van der Waals surface area contributed by atoms with Gasteiger partial charge in [0.25, 0.3) is 5.69 Å². The molecule has 0 radical (unpaired) electrons. The van der Waals surface area contributed by atoms with E-state index in [9.17, 15) is 14.9 Å². The summed E-state index contributed by atoms with van der Waals surface area (Å²) in [4.78, 5) is 23.5. The molecule has 1 aromatic carbocycles. The Hall–Kier alpha value is -1.46. The molecule has 0 saturated carbocycles. The van der Waals surface area contributed by atoms with Crippen LogP contribution in [0.15, 0.2) is 18.2 Å². The number of piperidine rings is 1. The summed E-state index contributed by atoms with van der Waals surface area (Å²) < 4.78 is 0. The zero-order valence-corrected chi connectivity index (χ0v) is 11.2. The van der Waals surface area contributed by atoms with E-state index in [1.165, 1.54) is 6.07 Å². The molecule has 0 bridgehead atoms. The van der Waals surface area contributed by atoms with Gasteiger partial charge in [0.2, 0.25) is 0 Å². The topological polar surface area (TPSA) is 63.5 Å². The van der Waals surface area contributed by atoms with Gasteiger partial charge in [-0.15, -0.1) is 0 Å². The third kappa shape index (κ3) is 3.30. The minimum atomic E-state index is -0.414. The van der Waals surface area contributed by atoms with Gasteiger partial charge in [-0.05, 0) is 25.5 Å². The highest BCUT2D eigenvalue weighted by Crippen LogP contribution is 2.28. The first-order chi connectivity index (χ1) is 9.11. The molecule has 5 nitrogen and oxygen atoms in total. The van der Waals surface area contributed by atoms with Crippen LogP contribution in [0.5, 0.6) is 0 Å². The maximum atomic E-state index is 11.0. The third-order valence-corrected chi connectivity index (χ3v) is 3.76. The first kappa shape index (κ1) is 14.0. The van der Waals surface area contributed by atoms with Gasteiger partial charge < -0.3 is 4.79 Å². The van der Waals surface area contributed by atoms with E-state index in [1.807, 2.05) is 0 Å². The van der Waals surface area contributed by atoms with E-state index in [-0.39, 0.29) is 11.6 Å². The molecule has 1 aromatic rings. The minimum absolute atomic E-state index is 0.0234. The summed E-state index contributed by atoms with van der Waals surface area (Å²) in [6.45, 7) is 1.90. The minimum Gasteiger partial charge on any atom is -0.303 e. The van der Waals surface area contributed by atoms with Crippen molar-refractivity contribution in [3.8, 4) is 0 Å². The number of likely N-dealkylation sites (tertiary alicyclic amines) is 1. The Balaban J connectivity index is 2.18. The van der Waals surface area contributed by atoms with Gasteiger partial charge in [0.05, 0.1) is 15.5 Å². The van der Waals surface area contributed by atoms with Gasteiger partial charge in [0.1, 0.15) is 6.29 Å². The number of carbonyl (C=O) groups excluding carboxylic acids is 1. The number of benzene rings is 1. The number of nitrogens with zero attached hydrogens (tertiary/aromatic N) is 2. The van der Waals surface area contributed by atoms with E-state index < -0.39 is 4.92 Å². The third-order valence-electron chi connectivity index (χ3n) is 3.41. The normalized spacial score (nSPS) is 20.2. The fourth-order valence-electron chi connectivity index (χ4n) is 2.44. The molecule has 0 amide bonds. The van der Waals surface area contributed by atoms with Crippen LogP contribution in [0.4, 0.5) is 5.69 Å². The van der Waals surface area contributed by atoms with Crippen molar-refractivity contribution in [1.82, 2.24) is 4.90 Å². The summed E-state index contributed by atoms with van der Waals surface area (Å²) in [5.41, 5.74) is 0.571. The molecule has 1 heterocycles. The van der Waals surface area contributed by atoms with Crippen LogP contribution >= 0.6 is 11.6 Å². The van der Waals surface area contributed by atoms with Crippen LogP contribution < -0.4 is 0 Å². The standard InChI is InChI=1S/C13H15ClN2O3/c14-12-4-1-5-13(16(18)19)11(12)8-15-6-2-3-10(7-15)9-17/h1,4-5,9-10H,2-3,6-8H2. The first-order valence-corrected chi connectivity index (χ1v) is 6.59. The Labute approximate surface area is 116 Å². The molecule has 0 aromatic heterocycles. The number of carbonyl (C=O) groups is 1. The number of hydrogen-bond acceptors (Lipinski definition) is 4. The average Bonchev–Trinajstić information content (AvgIpc) is 2.41. The summed E-state index contributed by atoms with van der Waals surface area (Å²) in [7, 11) is 0. The molecule has 6 heteroatoms. The zero-order chi connectivity index (χ0) is 13.8. The predicted molar refractivity (Wildman–Crippen MR) is 72.2 cm³/mol. The second-order valence-corrected chi connectivity index (χ2v) is 5.18. The average molecular weight is 283 g/mol. The maximum absolute atomic E-state index is 11.0. The summed E-state index contributed by atoms with van der Waals surface area (Å²) in [6.07, 6.45) is 2.79. The molecular formula is C13H15ClN2O3. The highest BCUT2D eigenvalue weighted by atomic mass is 35.5. The summed E-state index contributed by atoms with van der Waals surface area (Å²) in [5.74, 6) is 0.0234. The van der Waals surface area contributed by atoms with Crippen LogP contribution in [0, 0.1) is 16.0 Å². The van der Waals surface area contributed by atoms with Crippen molar-refractivity contribution in [3.05, 3.63) is 38.9 Å². The number of hydrogen-bond donors (Lipinski definition) is 0. The second kappa shape index (κ2) is 6.12. The smallest absolute Gasteiger partial charge is 0.275 e. The van der Waals surface area contributed by atoms with Gasteiger partial charge in [-0.1, -0.05) is 17.7 Å². The van der Waals surface area contributed by atoms with Gasteiger partial charge in [-0.2, -0.15) is 0 Å². The summed E-state index contributed by atoms with van der Waals surface area (Å²) in [5, 5.41) is 11.4. The van der Waals surface area contributed by atoms with Crippen LogP contribution in [-0.2, 0) is 11.3 Å². The highest BCUT2D eigenvalue weighted by molar-refractivity contribution is 6.31. The SMILES string of the molecule is O=CC1CCCN(Cc2c(Cl)cccc2[N+](=O)[O-])C1. The molecule has 0 N–H and O–H groups in total. The lowest BCUT2D eigenvalue weighted by Gasteiger charge is -2.30. The lowest BCUT2D eigenvalue weighted by Crippen LogP contribution is -2.35. The van der Waals surface area contributed by atoms with Crippen LogP contribution in [0.3, 0.4) is 0 Å². The molecule has 0 spiro atoms. The van der Waals surface area contributed by atoms with Crippen LogP contribution in [0.2, 0.25) is 5.02 Å². The Kier molecular flexibility index (Phi) is 4.50. The second-order valence-electron chi connectivity index (χ2n) is 4.77. The Morgan fingerprint density at radius 2 is 2.32 bits per heavy atom. The fraction of sp³-hybridized carbons (Fsp3) is 0.462. The van der Waals surface area contributed by atoms with Crippen molar-refractivity contribution in [2.75, 3.05) is 13.1 Å². The number of nitro groups is 1. The predicted octanol–water partition coefficient (Wildman–Crippen LogP) is 2.66. The van der Waals surface area contributed by atoms with Crippen molar-refractivity contribution in [1.29, 1.82) is 0 Å². The molecule has 102 valence electrons. The lowest BCUT2D eigenvalue weighted by molar-refractivity contribution is -0.385. The number of halogens is 1. The van der Waals surface area contributed by atoms with Crippen molar-refractivity contribution in [2.45, 2.75) is 19.4 Å². The summed E-state index contributed by atoms with van der Waals surface area (Å²) >= 11 is 6.06. The molecule has 1 aliphatic rings. The van der Waals surface area contributed by atoms with Gasteiger partial charge in [0.15, 0.2) is 0 Å². The Morgan fingerprint density at radius 3 is 3.00 bits per heavy atom. The monoisotopic (exact) mass is 282 g/mol. The largest absolute Gasteiger partial charge is 0.303 e. The van der Waals surface area contributed by atoms with E-state index >= 15 is 0 Å². The maximum Gasteiger partial charge on any atom is 0.275 e. The van der Waals surface area contributed by atoms with Gasteiger partial charge in [-0.25, -0.2) is 0 Å². The molecule has 1 fully saturated rings. The quantitative estimate of drug-likeness (QED) is 0.484. The van der Waals surface area contributed by atoms with Gasteiger partial charge in [0, 0.05) is 25.1 Å². The van der Waals surface area contributed by atoms with E-state index in [0.717, 1.165) is 25.7 Å². The van der Waals surface area contributed by atoms with Crippen LogP contribution in [0.1, 0.15) is 18.4 Å². The molecule has 1 aliphatic heterocycles. The van der Waals surface area contributed by atoms with Crippen molar-refractivity contribution >= 4 is 23.6 Å². The van der Waals surface area contributed by atoms with Crippen molar-refractivity contribution < 1.29 is 9.72 Å². The summed E-state index contributed by atoms with van der Waals surface area (Å²) in [6, 6.07) is 4.70. The molecule has 0 aliphatic carbocycles.